The highest BCUT2D eigenvalue weighted by molar-refractivity contribution is 8.00. The first-order chi connectivity index (χ1) is 16.6. The number of para-hydroxylation sites is 1. The molecule has 1 aromatic carbocycles. The van der Waals surface area contributed by atoms with Crippen molar-refractivity contribution in [3.8, 4) is 6.07 Å². The van der Waals surface area contributed by atoms with Gasteiger partial charge in [0.15, 0.2) is 5.65 Å². The summed E-state index contributed by atoms with van der Waals surface area (Å²) < 4.78 is 2.06. The second-order valence-electron chi connectivity index (χ2n) is 8.21. The Morgan fingerprint density at radius 2 is 2.18 bits per heavy atom. The number of thiophene rings is 1. The predicted octanol–water partition coefficient (Wildman–Crippen LogP) is 5.49. The van der Waals surface area contributed by atoms with E-state index < -0.39 is 5.25 Å². The maximum absolute atomic E-state index is 13.2. The number of carbonyl (C=O) groups excluding carboxylic acids is 1. The molecule has 1 amide bonds. The summed E-state index contributed by atoms with van der Waals surface area (Å²) in [6.07, 6.45) is 6.55. The summed E-state index contributed by atoms with van der Waals surface area (Å²) in [5.41, 5.74) is 4.23. The van der Waals surface area contributed by atoms with Crippen LogP contribution in [0.3, 0.4) is 0 Å². The van der Waals surface area contributed by atoms with Crippen LogP contribution in [-0.2, 0) is 24.2 Å². The van der Waals surface area contributed by atoms with E-state index >= 15 is 0 Å². The SMILES string of the molecule is C=CCn1c2ccccc2c2nnc(S[C@@H](CC)C(=O)Nc3sc4c(c3C#N)CCCC4)nc21. The molecule has 1 aliphatic carbocycles. The summed E-state index contributed by atoms with van der Waals surface area (Å²) in [4.78, 5) is 19.2. The first-order valence-electron chi connectivity index (χ1n) is 11.4. The standard InChI is InChI=1S/C25H24N6OS2/c1-3-13-31-18-11-7-5-10-16(18)21-22(31)27-25(30-29-21)34-19(4-2)23(32)28-24-17(14-26)15-9-6-8-12-20(15)33-24/h3,5,7,10-11,19H,1,4,6,8-9,12-13H2,2H3,(H,28,32)/t19-/m0/s1. The summed E-state index contributed by atoms with van der Waals surface area (Å²) >= 11 is 2.84. The molecule has 3 aromatic heterocycles. The molecule has 7 nitrogen and oxygen atoms in total. The molecule has 0 bridgehead atoms. The zero-order valence-electron chi connectivity index (χ0n) is 18.9. The van der Waals surface area contributed by atoms with Gasteiger partial charge < -0.3 is 9.88 Å². The second kappa shape index (κ2) is 9.57. The molecule has 3 heterocycles. The van der Waals surface area contributed by atoms with Gasteiger partial charge in [-0.1, -0.05) is 43.0 Å². The molecule has 0 fully saturated rings. The highest BCUT2D eigenvalue weighted by atomic mass is 32.2. The van der Waals surface area contributed by atoms with E-state index in [1.165, 1.54) is 16.6 Å². The lowest BCUT2D eigenvalue weighted by Crippen LogP contribution is -2.25. The van der Waals surface area contributed by atoms with Crippen LogP contribution in [-0.4, -0.2) is 30.9 Å². The van der Waals surface area contributed by atoms with Crippen LogP contribution < -0.4 is 5.32 Å². The van der Waals surface area contributed by atoms with Gasteiger partial charge in [-0.2, -0.15) is 5.26 Å². The van der Waals surface area contributed by atoms with Gasteiger partial charge >= 0.3 is 0 Å². The van der Waals surface area contributed by atoms with Crippen LogP contribution in [0.1, 0.15) is 42.2 Å². The van der Waals surface area contributed by atoms with E-state index in [-0.39, 0.29) is 5.91 Å². The van der Waals surface area contributed by atoms with E-state index in [0.717, 1.165) is 53.3 Å². The van der Waals surface area contributed by atoms with E-state index in [4.69, 9.17) is 4.98 Å². The van der Waals surface area contributed by atoms with Gasteiger partial charge in [-0.05, 0) is 43.7 Å². The number of benzene rings is 1. The van der Waals surface area contributed by atoms with Gasteiger partial charge in [-0.15, -0.1) is 28.1 Å². The molecule has 9 heteroatoms. The van der Waals surface area contributed by atoms with Gasteiger partial charge in [0.1, 0.15) is 16.6 Å². The molecule has 1 atom stereocenters. The van der Waals surface area contributed by atoms with E-state index in [0.29, 0.717) is 28.7 Å². The lowest BCUT2D eigenvalue weighted by Gasteiger charge is -2.13. The van der Waals surface area contributed by atoms with Crippen molar-refractivity contribution >= 4 is 56.1 Å². The van der Waals surface area contributed by atoms with Gasteiger partial charge in [0.05, 0.1) is 16.3 Å². The zero-order chi connectivity index (χ0) is 23.7. The minimum atomic E-state index is -0.401. The lowest BCUT2D eigenvalue weighted by molar-refractivity contribution is -0.115. The van der Waals surface area contributed by atoms with Crippen molar-refractivity contribution in [3.63, 3.8) is 0 Å². The number of aryl methyl sites for hydroxylation is 1. The third kappa shape index (κ3) is 3.97. The maximum atomic E-state index is 13.2. The monoisotopic (exact) mass is 488 g/mol. The molecule has 0 saturated heterocycles. The molecule has 1 N–H and O–H groups in total. The molecular formula is C25H24N6OS2. The summed E-state index contributed by atoms with van der Waals surface area (Å²) in [6, 6.07) is 10.3. The zero-order valence-corrected chi connectivity index (χ0v) is 20.5. The van der Waals surface area contributed by atoms with E-state index in [9.17, 15) is 10.1 Å². The minimum absolute atomic E-state index is 0.141. The molecule has 0 unspecified atom stereocenters. The van der Waals surface area contributed by atoms with Crippen molar-refractivity contribution in [1.29, 1.82) is 5.26 Å². The Kier molecular flexibility index (Phi) is 6.35. The number of nitriles is 1. The molecule has 0 saturated carbocycles. The van der Waals surface area contributed by atoms with E-state index in [2.05, 4.69) is 32.7 Å². The van der Waals surface area contributed by atoms with Crippen LogP contribution in [0.4, 0.5) is 5.00 Å². The number of anilines is 1. The number of nitrogens with one attached hydrogen (secondary N) is 1. The Bertz CT molecular complexity index is 1450. The number of allylic oxidation sites excluding steroid dienone is 1. The number of thioether (sulfide) groups is 1. The fourth-order valence-electron chi connectivity index (χ4n) is 4.47. The van der Waals surface area contributed by atoms with Crippen LogP contribution in [0.25, 0.3) is 22.1 Å². The number of fused-ring (bicyclic) bond motifs is 4. The maximum Gasteiger partial charge on any atom is 0.238 e. The topological polar surface area (TPSA) is 96.5 Å². The number of rotatable bonds is 7. The van der Waals surface area contributed by atoms with Gasteiger partial charge in [-0.25, -0.2) is 4.98 Å². The summed E-state index contributed by atoms with van der Waals surface area (Å²) in [5, 5.41) is 23.2. The van der Waals surface area contributed by atoms with Crippen LogP contribution in [0, 0.1) is 11.3 Å². The largest absolute Gasteiger partial charge is 0.320 e. The van der Waals surface area contributed by atoms with Crippen molar-refractivity contribution < 1.29 is 4.79 Å². The molecule has 34 heavy (non-hydrogen) atoms. The fourth-order valence-corrected chi connectivity index (χ4v) is 6.52. The molecule has 4 aromatic rings. The van der Waals surface area contributed by atoms with Crippen molar-refractivity contribution in [2.45, 2.75) is 56.0 Å². The smallest absolute Gasteiger partial charge is 0.238 e. The van der Waals surface area contributed by atoms with Crippen molar-refractivity contribution in [2.75, 3.05) is 5.32 Å². The molecule has 0 radical (unpaired) electrons. The third-order valence-electron chi connectivity index (χ3n) is 6.10. The lowest BCUT2D eigenvalue weighted by atomic mass is 9.96. The fraction of sp³-hybridized carbons (Fsp3) is 0.320. The van der Waals surface area contributed by atoms with E-state index in [1.54, 1.807) is 11.3 Å². The van der Waals surface area contributed by atoms with Crippen molar-refractivity contribution in [2.24, 2.45) is 0 Å². The molecule has 1 aliphatic rings. The average Bonchev–Trinajstić information content (AvgIpc) is 3.37. The van der Waals surface area contributed by atoms with Gasteiger partial charge in [0.2, 0.25) is 11.1 Å². The number of carbonyl (C=O) groups is 1. The van der Waals surface area contributed by atoms with Crippen LogP contribution >= 0.6 is 23.1 Å². The Hall–Kier alpha value is -3.22. The van der Waals surface area contributed by atoms with Gasteiger partial charge in [0.25, 0.3) is 0 Å². The molecule has 0 aliphatic heterocycles. The summed E-state index contributed by atoms with van der Waals surface area (Å²) in [6.45, 7) is 6.43. The minimum Gasteiger partial charge on any atom is -0.320 e. The number of nitrogens with zero attached hydrogens (tertiary/aromatic N) is 5. The number of aromatic nitrogens is 4. The summed E-state index contributed by atoms with van der Waals surface area (Å²) in [7, 11) is 0. The van der Waals surface area contributed by atoms with Gasteiger partial charge in [-0.3, -0.25) is 4.79 Å². The average molecular weight is 489 g/mol. The first kappa shape index (κ1) is 22.6. The Balaban J connectivity index is 1.42. The summed E-state index contributed by atoms with van der Waals surface area (Å²) in [5.74, 6) is -0.141. The number of amides is 1. The molecule has 5 rings (SSSR count). The third-order valence-corrected chi connectivity index (χ3v) is 8.52. The normalized spacial score (nSPS) is 14.0. The quantitative estimate of drug-likeness (QED) is 0.273. The number of hydrogen-bond donors (Lipinski definition) is 1. The Labute approximate surface area is 205 Å². The highest BCUT2D eigenvalue weighted by Crippen LogP contribution is 2.38. The Morgan fingerprint density at radius 1 is 1.35 bits per heavy atom. The van der Waals surface area contributed by atoms with Crippen LogP contribution in [0.5, 0.6) is 0 Å². The van der Waals surface area contributed by atoms with Crippen LogP contribution in [0.2, 0.25) is 0 Å². The van der Waals surface area contributed by atoms with Crippen LogP contribution in [0.15, 0.2) is 42.1 Å². The van der Waals surface area contributed by atoms with Gasteiger partial charge in [0, 0.05) is 16.8 Å². The number of hydrogen-bond acceptors (Lipinski definition) is 7. The highest BCUT2D eigenvalue weighted by Gasteiger charge is 2.26. The molecular weight excluding hydrogens is 464 g/mol. The molecule has 172 valence electrons. The molecule has 0 spiro atoms. The van der Waals surface area contributed by atoms with Crippen molar-refractivity contribution in [1.82, 2.24) is 19.7 Å². The Morgan fingerprint density at radius 3 is 2.97 bits per heavy atom. The predicted molar refractivity (Wildman–Crippen MR) is 137 cm³/mol. The first-order valence-corrected chi connectivity index (χ1v) is 13.1. The van der Waals surface area contributed by atoms with Crippen molar-refractivity contribution in [3.05, 3.63) is 52.9 Å². The second-order valence-corrected chi connectivity index (χ2v) is 10.5. The van der Waals surface area contributed by atoms with E-state index in [1.807, 2.05) is 37.3 Å².